The molecule has 8 heteroatoms. The third-order valence-electron chi connectivity index (χ3n) is 3.91. The summed E-state index contributed by atoms with van der Waals surface area (Å²) in [6, 6.07) is 6.39. The van der Waals surface area contributed by atoms with Crippen molar-refractivity contribution >= 4 is 13.5 Å². The van der Waals surface area contributed by atoms with E-state index in [9.17, 15) is 19.9 Å². The lowest BCUT2D eigenvalue weighted by Gasteiger charge is -2.30. The van der Waals surface area contributed by atoms with Crippen LogP contribution in [0.3, 0.4) is 0 Å². The smallest absolute Gasteiger partial charge is 0.448 e. The van der Waals surface area contributed by atoms with E-state index in [1.807, 2.05) is 6.92 Å². The molecule has 0 fully saturated rings. The number of hydrogen-bond donors (Lipinski definition) is 5. The van der Waals surface area contributed by atoms with Gasteiger partial charge >= 0.3 is 7.75 Å². The van der Waals surface area contributed by atoms with E-state index in [1.165, 1.54) is 30.4 Å². The van der Waals surface area contributed by atoms with Crippen LogP contribution in [0.2, 0.25) is 0 Å². The second-order valence-electron chi connectivity index (χ2n) is 5.57. The number of nitrogens with zero attached hydrogens (tertiary/aromatic N) is 1. The Balaban J connectivity index is 2.41. The van der Waals surface area contributed by atoms with E-state index in [0.717, 1.165) is 0 Å². The summed E-state index contributed by atoms with van der Waals surface area (Å²) in [6.07, 6.45) is 3.41. The van der Waals surface area contributed by atoms with Crippen LogP contribution in [0.1, 0.15) is 24.8 Å². The normalized spacial score (nSPS) is 22.2. The minimum atomic E-state index is -4.71. The van der Waals surface area contributed by atoms with Crippen LogP contribution in [-0.2, 0) is 4.57 Å². The Labute approximate surface area is 139 Å². The van der Waals surface area contributed by atoms with Gasteiger partial charge in [-0.2, -0.15) is 4.76 Å². The quantitative estimate of drug-likeness (QED) is 0.517. The Bertz CT molecular complexity index is 736. The van der Waals surface area contributed by atoms with Crippen molar-refractivity contribution in [2.24, 2.45) is 10.7 Å². The van der Waals surface area contributed by atoms with Crippen LogP contribution in [0.15, 0.2) is 53.0 Å². The van der Waals surface area contributed by atoms with Gasteiger partial charge in [-0.15, -0.1) is 0 Å². The summed E-state index contributed by atoms with van der Waals surface area (Å²) in [7, 11) is -4.71. The summed E-state index contributed by atoms with van der Waals surface area (Å²) in [4.78, 5) is 18.2. The molecule has 1 aromatic rings. The van der Waals surface area contributed by atoms with Gasteiger partial charge in [0.25, 0.3) is 0 Å². The fourth-order valence-electron chi connectivity index (χ4n) is 2.86. The van der Waals surface area contributed by atoms with E-state index in [2.05, 4.69) is 4.76 Å². The van der Waals surface area contributed by atoms with Gasteiger partial charge in [0.15, 0.2) is 0 Å². The second kappa shape index (κ2) is 7.32. The Morgan fingerprint density at radius 3 is 2.58 bits per heavy atom. The lowest BCUT2D eigenvalue weighted by Crippen LogP contribution is -2.35. The van der Waals surface area contributed by atoms with Gasteiger partial charge in [-0.1, -0.05) is 25.1 Å². The monoisotopic (exact) mass is 353 g/mol. The van der Waals surface area contributed by atoms with Crippen LogP contribution in [0, 0.1) is 5.92 Å². The zero-order valence-electron chi connectivity index (χ0n) is 13.0. The van der Waals surface area contributed by atoms with Crippen LogP contribution in [0.25, 0.3) is 0 Å². The van der Waals surface area contributed by atoms with E-state index in [-0.39, 0.29) is 17.2 Å². The highest BCUT2D eigenvalue weighted by Crippen LogP contribution is 2.40. The summed E-state index contributed by atoms with van der Waals surface area (Å²) in [5.41, 5.74) is 0.567. The van der Waals surface area contributed by atoms with E-state index < -0.39 is 25.7 Å². The van der Waals surface area contributed by atoms with Crippen molar-refractivity contribution in [3.63, 3.8) is 0 Å². The first-order chi connectivity index (χ1) is 11.2. The maximum absolute atomic E-state index is 11.2. The molecule has 0 spiro atoms. The molecular formula is C16H20NO6P. The number of phenols is 1. The van der Waals surface area contributed by atoms with Crippen LogP contribution in [0.4, 0.5) is 0 Å². The third-order valence-corrected chi connectivity index (χ3v) is 4.40. The maximum Gasteiger partial charge on any atom is 0.448 e. The van der Waals surface area contributed by atoms with Crippen molar-refractivity contribution in [2.45, 2.75) is 25.4 Å². The molecule has 5 N–H and O–H groups in total. The van der Waals surface area contributed by atoms with Crippen molar-refractivity contribution in [1.82, 2.24) is 0 Å². The molecule has 0 aliphatic heterocycles. The third kappa shape index (κ3) is 4.33. The van der Waals surface area contributed by atoms with Gasteiger partial charge < -0.3 is 25.1 Å². The number of allylic oxidation sites excluding steroid dienone is 3. The van der Waals surface area contributed by atoms with Gasteiger partial charge in [-0.05, 0) is 36.3 Å². The average molecular weight is 353 g/mol. The highest BCUT2D eigenvalue weighted by atomic mass is 31.2. The van der Waals surface area contributed by atoms with Crippen molar-refractivity contribution < 1.29 is 29.7 Å². The maximum atomic E-state index is 11.2. The average Bonchev–Trinajstić information content (AvgIpc) is 2.46. The molecule has 3 unspecified atom stereocenters. The first-order valence-corrected chi connectivity index (χ1v) is 8.99. The van der Waals surface area contributed by atoms with Crippen LogP contribution >= 0.6 is 7.75 Å². The molecule has 24 heavy (non-hydrogen) atoms. The zero-order valence-corrected chi connectivity index (χ0v) is 13.9. The molecule has 0 aromatic heterocycles. The molecule has 0 heterocycles. The molecule has 0 amide bonds. The predicted molar refractivity (Wildman–Crippen MR) is 90.0 cm³/mol. The molecule has 7 nitrogen and oxygen atoms in total. The van der Waals surface area contributed by atoms with Gasteiger partial charge in [0.2, 0.25) is 0 Å². The van der Waals surface area contributed by atoms with Gasteiger partial charge in [-0.25, -0.2) is 4.57 Å². The molecule has 1 aromatic carbocycles. The fourth-order valence-corrected chi connectivity index (χ4v) is 3.35. The van der Waals surface area contributed by atoms with Gasteiger partial charge in [-0.3, -0.25) is 0 Å². The van der Waals surface area contributed by atoms with Crippen LogP contribution in [0.5, 0.6) is 5.75 Å². The topological polar surface area (TPSA) is 131 Å². The number of aliphatic hydroxyl groups is 2. The first kappa shape index (κ1) is 18.4. The number of phenolic OH excluding ortho intramolecular Hbond substituents is 1. The van der Waals surface area contributed by atoms with Gasteiger partial charge in [0.1, 0.15) is 11.5 Å². The Morgan fingerprint density at radius 2 is 2.00 bits per heavy atom. The Morgan fingerprint density at radius 1 is 1.29 bits per heavy atom. The Hall–Kier alpha value is -1.92. The molecule has 1 aliphatic carbocycles. The summed E-state index contributed by atoms with van der Waals surface area (Å²) in [6.45, 7) is 1.83. The summed E-state index contributed by atoms with van der Waals surface area (Å²) in [5, 5.41) is 30.5. The van der Waals surface area contributed by atoms with E-state index in [0.29, 0.717) is 12.0 Å². The lowest BCUT2D eigenvalue weighted by atomic mass is 9.79. The molecule has 0 bridgehead atoms. The van der Waals surface area contributed by atoms with Crippen LogP contribution < -0.4 is 0 Å². The fraction of sp³-hybridized carbons (Fsp3) is 0.312. The number of benzene rings is 1. The predicted octanol–water partition coefficient (Wildman–Crippen LogP) is 2.41. The number of aromatic hydroxyl groups is 1. The van der Waals surface area contributed by atoms with Crippen molar-refractivity contribution in [3.8, 4) is 5.75 Å². The largest absolute Gasteiger partial charge is 0.512 e. The minimum absolute atomic E-state index is 0.0468. The van der Waals surface area contributed by atoms with Gasteiger partial charge in [0, 0.05) is 5.92 Å². The highest BCUT2D eigenvalue weighted by molar-refractivity contribution is 7.50. The van der Waals surface area contributed by atoms with Crippen molar-refractivity contribution in [2.75, 3.05) is 0 Å². The first-order valence-electron chi connectivity index (χ1n) is 7.43. The second-order valence-corrected chi connectivity index (χ2v) is 6.79. The van der Waals surface area contributed by atoms with Crippen molar-refractivity contribution in [1.29, 1.82) is 0 Å². The van der Waals surface area contributed by atoms with E-state index in [1.54, 1.807) is 12.1 Å². The number of rotatable bonds is 5. The Kier molecular flexibility index (Phi) is 5.62. The summed E-state index contributed by atoms with van der Waals surface area (Å²) >= 11 is 0. The van der Waals surface area contributed by atoms with Gasteiger partial charge in [0.05, 0.1) is 17.7 Å². The van der Waals surface area contributed by atoms with Crippen LogP contribution in [-0.4, -0.2) is 36.9 Å². The standard InChI is InChI=1S/C16H20NO6P/c1-2-12(10-5-3-6-11(18)9-10)16(20)15-13(17-24(21,22)23)7-4-8-14(15)19/h3-9,12,15-16,18-20H,2H2,1H3,(H2,21,22,23). The zero-order chi connectivity index (χ0) is 17.9. The summed E-state index contributed by atoms with van der Waals surface area (Å²) < 4.78 is 14.5. The van der Waals surface area contributed by atoms with Crippen molar-refractivity contribution in [3.05, 3.63) is 53.8 Å². The number of aliphatic hydroxyl groups excluding tert-OH is 2. The number of hydrogen-bond acceptors (Lipinski definition) is 4. The highest BCUT2D eigenvalue weighted by Gasteiger charge is 2.35. The minimum Gasteiger partial charge on any atom is -0.512 e. The molecule has 3 atom stereocenters. The molecular weight excluding hydrogens is 333 g/mol. The molecule has 0 radical (unpaired) electrons. The lowest BCUT2D eigenvalue weighted by molar-refractivity contribution is 0.101. The molecule has 0 saturated carbocycles. The SMILES string of the molecule is CCC(c1cccc(O)c1)C(O)C1C(O)=CC=CC1=NP(=O)(O)O. The molecule has 130 valence electrons. The summed E-state index contributed by atoms with van der Waals surface area (Å²) in [5.74, 6) is -1.71. The molecule has 2 rings (SSSR count). The van der Waals surface area contributed by atoms with E-state index in [4.69, 9.17) is 9.79 Å². The van der Waals surface area contributed by atoms with E-state index >= 15 is 0 Å². The molecule has 0 saturated heterocycles. The molecule has 1 aliphatic rings.